The van der Waals surface area contributed by atoms with Crippen molar-refractivity contribution < 1.29 is 5.11 Å². The highest BCUT2D eigenvalue weighted by molar-refractivity contribution is 5.39. The van der Waals surface area contributed by atoms with Crippen molar-refractivity contribution in [3.05, 3.63) is 48.0 Å². The number of unbranched alkanes of at least 4 members (excludes halogenated alkanes) is 2. The van der Waals surface area contributed by atoms with E-state index in [-0.39, 0.29) is 5.92 Å². The van der Waals surface area contributed by atoms with Crippen LogP contribution in [0.3, 0.4) is 0 Å². The van der Waals surface area contributed by atoms with Gasteiger partial charge in [-0.05, 0) is 43.2 Å². The molecule has 1 N–H and O–H groups in total. The average molecular weight is 282 g/mol. The van der Waals surface area contributed by atoms with Crippen LogP contribution in [0, 0.1) is 11.8 Å². The summed E-state index contributed by atoms with van der Waals surface area (Å²) in [6.07, 6.45) is 8.56. The summed E-state index contributed by atoms with van der Waals surface area (Å²) in [6.45, 7) is 5.98. The largest absolute Gasteiger partial charge is 0.377 e. The molecule has 0 radical (unpaired) electrons. The van der Waals surface area contributed by atoms with Crippen molar-refractivity contribution >= 4 is 0 Å². The molecule has 0 saturated heterocycles. The minimum atomic E-state index is -0.870. The molecule has 1 aliphatic rings. The molecule has 1 aliphatic carbocycles. The first-order valence-corrected chi connectivity index (χ1v) is 8.12. The molecule has 0 fully saturated rings. The summed E-state index contributed by atoms with van der Waals surface area (Å²) in [4.78, 5) is 0. The highest BCUT2D eigenvalue weighted by Crippen LogP contribution is 2.41. The number of benzene rings is 1. The van der Waals surface area contributed by atoms with E-state index in [1.54, 1.807) is 0 Å². The Kier molecular flexibility index (Phi) is 5.65. The van der Waals surface area contributed by atoms with Gasteiger partial charge in [-0.3, -0.25) is 0 Å². The van der Waals surface area contributed by atoms with Gasteiger partial charge in [-0.25, -0.2) is 0 Å². The Bertz CT molecular complexity index is 534. The van der Waals surface area contributed by atoms with E-state index in [1.165, 1.54) is 11.1 Å². The lowest BCUT2D eigenvalue weighted by molar-refractivity contribution is 0.0517. The molecule has 112 valence electrons. The Labute approximate surface area is 129 Å². The normalized spacial score (nSPS) is 23.8. The molecule has 1 aromatic rings. The molecule has 0 amide bonds. The van der Waals surface area contributed by atoms with Gasteiger partial charge in [0.1, 0.15) is 5.60 Å². The van der Waals surface area contributed by atoms with Crippen molar-refractivity contribution in [2.45, 2.75) is 63.4 Å². The number of hydrogen-bond acceptors (Lipinski definition) is 1. The molecule has 0 heterocycles. The molecular formula is C20H26O. The molecule has 0 bridgehead atoms. The van der Waals surface area contributed by atoms with Crippen LogP contribution >= 0.6 is 0 Å². The van der Waals surface area contributed by atoms with Crippen molar-refractivity contribution in [1.29, 1.82) is 0 Å². The molecule has 0 unspecified atom stereocenters. The van der Waals surface area contributed by atoms with E-state index in [1.807, 2.05) is 6.08 Å². The standard InChI is InChI=1S/C20H26O/c1-3-5-7-10-15-20(21)16-14-17-11-8-9-12-18(17)19(20)13-6-4-2/h4,8-9,11-12,19,21H,2-3,5-7,13-14,16H2,1H3/t19-,20+/m1/s1. The fourth-order valence-electron chi connectivity index (χ4n) is 3.17. The number of allylic oxidation sites excluding steroid dienone is 1. The highest BCUT2D eigenvalue weighted by Gasteiger charge is 2.39. The van der Waals surface area contributed by atoms with E-state index in [9.17, 15) is 5.11 Å². The van der Waals surface area contributed by atoms with Gasteiger partial charge in [0.2, 0.25) is 0 Å². The van der Waals surface area contributed by atoms with Crippen LogP contribution in [-0.4, -0.2) is 10.7 Å². The van der Waals surface area contributed by atoms with Gasteiger partial charge in [0, 0.05) is 12.3 Å². The maximum atomic E-state index is 11.1. The molecule has 0 spiro atoms. The summed E-state index contributed by atoms with van der Waals surface area (Å²) in [5.74, 6) is 6.52. The summed E-state index contributed by atoms with van der Waals surface area (Å²) in [7, 11) is 0. The van der Waals surface area contributed by atoms with Gasteiger partial charge >= 0.3 is 0 Å². The third-order valence-corrected chi connectivity index (χ3v) is 4.40. The van der Waals surface area contributed by atoms with Gasteiger partial charge in [-0.1, -0.05) is 49.6 Å². The van der Waals surface area contributed by atoms with E-state index in [4.69, 9.17) is 0 Å². The maximum absolute atomic E-state index is 11.1. The van der Waals surface area contributed by atoms with Gasteiger partial charge in [0.15, 0.2) is 0 Å². The first-order valence-electron chi connectivity index (χ1n) is 8.12. The summed E-state index contributed by atoms with van der Waals surface area (Å²) in [5.41, 5.74) is 1.77. The predicted octanol–water partition coefficient (Wildman–Crippen LogP) is 4.61. The van der Waals surface area contributed by atoms with Gasteiger partial charge in [0.05, 0.1) is 0 Å². The second-order valence-corrected chi connectivity index (χ2v) is 5.95. The monoisotopic (exact) mass is 282 g/mol. The fraction of sp³-hybridized carbons (Fsp3) is 0.500. The van der Waals surface area contributed by atoms with Crippen molar-refractivity contribution in [1.82, 2.24) is 0 Å². The molecular weight excluding hydrogens is 256 g/mol. The molecule has 0 aromatic heterocycles. The molecule has 21 heavy (non-hydrogen) atoms. The van der Waals surface area contributed by atoms with Crippen molar-refractivity contribution in [2.24, 2.45) is 0 Å². The zero-order valence-corrected chi connectivity index (χ0v) is 13.1. The molecule has 2 rings (SSSR count). The Morgan fingerprint density at radius 3 is 3.00 bits per heavy atom. The number of aliphatic hydroxyl groups is 1. The van der Waals surface area contributed by atoms with E-state index in [0.717, 1.165) is 44.9 Å². The fourth-order valence-corrected chi connectivity index (χ4v) is 3.17. The summed E-state index contributed by atoms with van der Waals surface area (Å²) in [6, 6.07) is 8.48. The van der Waals surface area contributed by atoms with Gasteiger partial charge in [-0.2, -0.15) is 0 Å². The van der Waals surface area contributed by atoms with Crippen LogP contribution in [0.2, 0.25) is 0 Å². The van der Waals surface area contributed by atoms with Crippen LogP contribution in [0.5, 0.6) is 0 Å². The van der Waals surface area contributed by atoms with E-state index in [2.05, 4.69) is 49.6 Å². The quantitative estimate of drug-likeness (QED) is 0.475. The predicted molar refractivity (Wildman–Crippen MR) is 89.2 cm³/mol. The van der Waals surface area contributed by atoms with E-state index in [0.29, 0.717) is 0 Å². The summed E-state index contributed by atoms with van der Waals surface area (Å²) < 4.78 is 0. The van der Waals surface area contributed by atoms with Crippen LogP contribution in [0.1, 0.15) is 62.5 Å². The minimum Gasteiger partial charge on any atom is -0.377 e. The lowest BCUT2D eigenvalue weighted by Crippen LogP contribution is -2.39. The zero-order chi connectivity index (χ0) is 15.1. The number of rotatable bonds is 5. The Morgan fingerprint density at radius 2 is 2.24 bits per heavy atom. The number of aryl methyl sites for hydroxylation is 1. The van der Waals surface area contributed by atoms with Gasteiger partial charge < -0.3 is 5.11 Å². The molecule has 2 atom stereocenters. The Morgan fingerprint density at radius 1 is 1.43 bits per heavy atom. The third kappa shape index (κ3) is 3.77. The lowest BCUT2D eigenvalue weighted by Gasteiger charge is -2.38. The van der Waals surface area contributed by atoms with Crippen LogP contribution in [0.25, 0.3) is 0 Å². The molecule has 1 heteroatoms. The Balaban J connectivity index is 2.27. The van der Waals surface area contributed by atoms with E-state index < -0.39 is 5.60 Å². The summed E-state index contributed by atoms with van der Waals surface area (Å²) >= 11 is 0. The lowest BCUT2D eigenvalue weighted by atomic mass is 9.70. The summed E-state index contributed by atoms with van der Waals surface area (Å²) in [5, 5.41) is 11.1. The third-order valence-electron chi connectivity index (χ3n) is 4.40. The van der Waals surface area contributed by atoms with Crippen LogP contribution in [0.15, 0.2) is 36.9 Å². The van der Waals surface area contributed by atoms with Gasteiger partial charge in [0.25, 0.3) is 0 Å². The second-order valence-electron chi connectivity index (χ2n) is 5.95. The van der Waals surface area contributed by atoms with Crippen LogP contribution < -0.4 is 0 Å². The molecule has 1 aromatic carbocycles. The van der Waals surface area contributed by atoms with Gasteiger partial charge in [-0.15, -0.1) is 12.5 Å². The first-order chi connectivity index (χ1) is 10.2. The zero-order valence-electron chi connectivity index (χ0n) is 13.1. The molecule has 0 aliphatic heterocycles. The highest BCUT2D eigenvalue weighted by atomic mass is 16.3. The smallest absolute Gasteiger partial charge is 0.132 e. The van der Waals surface area contributed by atoms with Crippen LogP contribution in [0.4, 0.5) is 0 Å². The van der Waals surface area contributed by atoms with Crippen molar-refractivity contribution in [3.63, 3.8) is 0 Å². The topological polar surface area (TPSA) is 20.2 Å². The number of fused-ring (bicyclic) bond motifs is 1. The van der Waals surface area contributed by atoms with Crippen molar-refractivity contribution in [3.8, 4) is 11.8 Å². The minimum absolute atomic E-state index is 0.106. The molecule has 1 nitrogen and oxygen atoms in total. The Hall–Kier alpha value is -1.52. The van der Waals surface area contributed by atoms with E-state index >= 15 is 0 Å². The first kappa shape index (κ1) is 15.9. The maximum Gasteiger partial charge on any atom is 0.132 e. The SMILES string of the molecule is C=CCC[C@@H]1c2ccccc2CC[C@@]1(O)C#CCCCC. The number of hydrogen-bond donors (Lipinski definition) is 1. The van der Waals surface area contributed by atoms with Crippen LogP contribution in [-0.2, 0) is 6.42 Å². The molecule has 0 saturated carbocycles. The second kappa shape index (κ2) is 7.48. The average Bonchev–Trinajstić information content (AvgIpc) is 2.51. The van der Waals surface area contributed by atoms with Crippen molar-refractivity contribution in [2.75, 3.05) is 0 Å².